The minimum Gasteiger partial charge on any atom is -0.390 e. The Hall–Kier alpha value is -1.94. The highest BCUT2D eigenvalue weighted by molar-refractivity contribution is 5.99. The van der Waals surface area contributed by atoms with Gasteiger partial charge in [0, 0.05) is 18.5 Å². The van der Waals surface area contributed by atoms with Crippen LogP contribution in [-0.2, 0) is 0 Å². The van der Waals surface area contributed by atoms with Crippen LogP contribution in [-0.4, -0.2) is 39.6 Å². The van der Waals surface area contributed by atoms with E-state index in [0.29, 0.717) is 11.5 Å². The monoisotopic (exact) mass is 324 g/mol. The van der Waals surface area contributed by atoms with E-state index in [4.69, 9.17) is 0 Å². The molecule has 2 fully saturated rings. The first-order valence-electron chi connectivity index (χ1n) is 8.86. The molecule has 1 amide bonds. The number of para-hydroxylation sites is 1. The number of aliphatic hydroxyl groups is 1. The maximum atomic E-state index is 12.9. The lowest BCUT2D eigenvalue weighted by Crippen LogP contribution is -2.42. The average molecular weight is 324 g/mol. The molecule has 1 aromatic heterocycles. The summed E-state index contributed by atoms with van der Waals surface area (Å²) in [5.41, 5.74) is 3.18. The maximum Gasteiger partial charge on any atom is 0.255 e. The Balaban J connectivity index is 1.56. The van der Waals surface area contributed by atoms with Crippen LogP contribution in [0, 0.1) is 19.8 Å². The minimum absolute atomic E-state index is 0.0737. The number of carbonyl (C=O) groups excluding carboxylic acids is 1. The largest absolute Gasteiger partial charge is 0.390 e. The Labute approximate surface area is 142 Å². The Kier molecular flexibility index (Phi) is 3.61. The molecule has 1 saturated carbocycles. The Morgan fingerprint density at radius 2 is 1.96 bits per heavy atom. The van der Waals surface area contributed by atoms with Gasteiger partial charge in [0.15, 0.2) is 0 Å². The van der Waals surface area contributed by atoms with E-state index in [-0.39, 0.29) is 5.91 Å². The number of likely N-dealkylation sites (tertiary alicyclic amines) is 1. The molecule has 1 aliphatic carbocycles. The van der Waals surface area contributed by atoms with Gasteiger partial charge >= 0.3 is 0 Å². The van der Waals surface area contributed by atoms with Crippen molar-refractivity contribution in [3.05, 3.63) is 41.1 Å². The summed E-state index contributed by atoms with van der Waals surface area (Å²) >= 11 is 0. The molecule has 2 aliphatic rings. The van der Waals surface area contributed by atoms with Crippen LogP contribution in [0.3, 0.4) is 0 Å². The third-order valence-corrected chi connectivity index (χ3v) is 5.77. The lowest BCUT2D eigenvalue weighted by Gasteiger charge is -2.34. The van der Waals surface area contributed by atoms with Crippen molar-refractivity contribution in [2.45, 2.75) is 45.1 Å². The second kappa shape index (κ2) is 5.55. The van der Waals surface area contributed by atoms with Gasteiger partial charge in [-0.25, -0.2) is 0 Å². The molecule has 0 unspecified atom stereocenters. The van der Waals surface area contributed by atoms with Gasteiger partial charge in [-0.15, -0.1) is 0 Å². The summed E-state index contributed by atoms with van der Waals surface area (Å²) in [6.45, 7) is 5.43. The minimum atomic E-state index is -0.424. The Morgan fingerprint density at radius 1 is 1.25 bits per heavy atom. The van der Waals surface area contributed by atoms with Gasteiger partial charge < -0.3 is 10.0 Å². The van der Waals surface area contributed by atoms with Crippen molar-refractivity contribution in [1.29, 1.82) is 0 Å². The summed E-state index contributed by atoms with van der Waals surface area (Å²) in [6, 6.07) is 8.04. The lowest BCUT2D eigenvalue weighted by molar-refractivity contribution is 0.0340. The molecule has 0 spiro atoms. The van der Waals surface area contributed by atoms with Crippen LogP contribution in [0.5, 0.6) is 0 Å². The molecule has 1 N–H and O–H groups in total. The predicted octanol–water partition coefficient (Wildman–Crippen LogP) is 3.23. The predicted molar refractivity (Wildman–Crippen MR) is 94.0 cm³/mol. The highest BCUT2D eigenvalue weighted by atomic mass is 16.3. The molecule has 2 aromatic rings. The number of pyridine rings is 1. The highest BCUT2D eigenvalue weighted by Crippen LogP contribution is 2.46. The van der Waals surface area contributed by atoms with Crippen LogP contribution in [0.4, 0.5) is 0 Å². The number of rotatable bonds is 2. The first kappa shape index (κ1) is 15.6. The smallest absolute Gasteiger partial charge is 0.255 e. The summed E-state index contributed by atoms with van der Waals surface area (Å²) in [5.74, 6) is 0.435. The number of aromatic nitrogens is 1. The molecule has 0 radical (unpaired) electrons. The van der Waals surface area contributed by atoms with Crippen LogP contribution < -0.4 is 0 Å². The van der Waals surface area contributed by atoms with Crippen molar-refractivity contribution in [2.75, 3.05) is 13.1 Å². The quantitative estimate of drug-likeness (QED) is 0.923. The molecule has 2 heterocycles. The number of piperidine rings is 1. The molecule has 1 aliphatic heterocycles. The van der Waals surface area contributed by atoms with Crippen molar-refractivity contribution < 1.29 is 9.90 Å². The van der Waals surface area contributed by atoms with Gasteiger partial charge in [0.25, 0.3) is 5.91 Å². The molecule has 4 heteroatoms. The fraction of sp³-hybridized carbons (Fsp3) is 0.500. The lowest BCUT2D eigenvalue weighted by atomic mass is 9.89. The van der Waals surface area contributed by atoms with E-state index in [2.05, 4.69) is 4.98 Å². The summed E-state index contributed by atoms with van der Waals surface area (Å²) < 4.78 is 0. The fourth-order valence-corrected chi connectivity index (χ4v) is 3.98. The van der Waals surface area contributed by atoms with Gasteiger partial charge in [0.2, 0.25) is 0 Å². The zero-order valence-corrected chi connectivity index (χ0v) is 14.4. The van der Waals surface area contributed by atoms with Gasteiger partial charge in [0.1, 0.15) is 0 Å². The van der Waals surface area contributed by atoms with Gasteiger partial charge in [0.05, 0.1) is 22.4 Å². The van der Waals surface area contributed by atoms with E-state index in [9.17, 15) is 9.90 Å². The van der Waals surface area contributed by atoms with Gasteiger partial charge in [-0.05, 0) is 57.1 Å². The Morgan fingerprint density at radius 3 is 2.62 bits per heavy atom. The summed E-state index contributed by atoms with van der Waals surface area (Å²) in [4.78, 5) is 19.5. The molecule has 1 saturated heterocycles. The Bertz CT molecular complexity index is 803. The van der Waals surface area contributed by atoms with Crippen LogP contribution in [0.25, 0.3) is 10.9 Å². The number of nitrogens with zero attached hydrogens (tertiary/aromatic N) is 2. The van der Waals surface area contributed by atoms with Gasteiger partial charge in [-0.3, -0.25) is 9.78 Å². The molecular weight excluding hydrogens is 300 g/mol. The van der Waals surface area contributed by atoms with Gasteiger partial charge in [-0.1, -0.05) is 18.2 Å². The van der Waals surface area contributed by atoms with Crippen LogP contribution in [0.15, 0.2) is 24.3 Å². The zero-order valence-electron chi connectivity index (χ0n) is 14.4. The van der Waals surface area contributed by atoms with Crippen molar-refractivity contribution in [2.24, 2.45) is 5.92 Å². The highest BCUT2D eigenvalue weighted by Gasteiger charge is 2.48. The summed E-state index contributed by atoms with van der Waals surface area (Å²) in [6.07, 6.45) is 3.67. The van der Waals surface area contributed by atoms with Crippen LogP contribution in [0.2, 0.25) is 0 Å². The number of aryl methyl sites for hydroxylation is 2. The van der Waals surface area contributed by atoms with E-state index < -0.39 is 5.60 Å². The molecule has 0 bridgehead atoms. The molecule has 1 aromatic carbocycles. The topological polar surface area (TPSA) is 53.4 Å². The van der Waals surface area contributed by atoms with Crippen molar-refractivity contribution in [3.8, 4) is 0 Å². The van der Waals surface area contributed by atoms with E-state index in [1.165, 1.54) is 0 Å². The van der Waals surface area contributed by atoms with Crippen LogP contribution >= 0.6 is 0 Å². The first-order valence-corrected chi connectivity index (χ1v) is 8.86. The first-order chi connectivity index (χ1) is 11.5. The van der Waals surface area contributed by atoms with Crippen molar-refractivity contribution in [3.63, 3.8) is 0 Å². The van der Waals surface area contributed by atoms with Crippen molar-refractivity contribution in [1.82, 2.24) is 9.88 Å². The number of benzene rings is 1. The SMILES string of the molecule is Cc1nc2c(C)cccc2cc1C(=O)N1CCC(C2(O)CC2)CC1. The third-order valence-electron chi connectivity index (χ3n) is 5.77. The number of amides is 1. The molecule has 4 nitrogen and oxygen atoms in total. The standard InChI is InChI=1S/C20H24N2O2/c1-13-4-3-5-15-12-17(14(2)21-18(13)15)19(23)22-10-6-16(7-11-22)20(24)8-9-20/h3-5,12,16,24H,6-11H2,1-2H3. The van der Waals surface area contributed by atoms with E-state index >= 15 is 0 Å². The number of hydrogen-bond donors (Lipinski definition) is 1. The number of hydrogen-bond acceptors (Lipinski definition) is 3. The molecule has 126 valence electrons. The number of fused-ring (bicyclic) bond motifs is 1. The average Bonchev–Trinajstić information content (AvgIpc) is 3.34. The zero-order chi connectivity index (χ0) is 16.9. The van der Waals surface area contributed by atoms with E-state index in [1.54, 1.807) is 0 Å². The maximum absolute atomic E-state index is 12.9. The van der Waals surface area contributed by atoms with Gasteiger partial charge in [-0.2, -0.15) is 0 Å². The third kappa shape index (κ3) is 2.59. The normalized spacial score (nSPS) is 20.4. The summed E-state index contributed by atoms with van der Waals surface area (Å²) in [7, 11) is 0. The second-order valence-electron chi connectivity index (χ2n) is 7.44. The van der Waals surface area contributed by atoms with E-state index in [0.717, 1.165) is 60.9 Å². The molecule has 4 rings (SSSR count). The molecular formula is C20H24N2O2. The van der Waals surface area contributed by atoms with Crippen LogP contribution in [0.1, 0.15) is 47.3 Å². The fourth-order valence-electron chi connectivity index (χ4n) is 3.98. The van der Waals surface area contributed by atoms with Crippen molar-refractivity contribution >= 4 is 16.8 Å². The number of carbonyl (C=O) groups is 1. The molecule has 0 atom stereocenters. The summed E-state index contributed by atoms with van der Waals surface area (Å²) in [5, 5.41) is 11.3. The second-order valence-corrected chi connectivity index (χ2v) is 7.44. The van der Waals surface area contributed by atoms with E-state index in [1.807, 2.05) is 43.0 Å². The molecule has 24 heavy (non-hydrogen) atoms.